The van der Waals surface area contributed by atoms with Crippen LogP contribution in [0.4, 0.5) is 5.69 Å². The number of hydrogen-bond donors (Lipinski definition) is 1. The summed E-state index contributed by atoms with van der Waals surface area (Å²) in [7, 11) is 0. The van der Waals surface area contributed by atoms with E-state index >= 15 is 0 Å². The van der Waals surface area contributed by atoms with Gasteiger partial charge in [-0.2, -0.15) is 5.26 Å². The zero-order chi connectivity index (χ0) is 13.5. The van der Waals surface area contributed by atoms with Gasteiger partial charge in [0.15, 0.2) is 11.4 Å². The second kappa shape index (κ2) is 7.45. The molecule has 1 aromatic rings. The molecule has 0 aromatic heterocycles. The van der Waals surface area contributed by atoms with E-state index in [4.69, 9.17) is 5.26 Å². The first-order valence-electron chi connectivity index (χ1n) is 5.75. The van der Waals surface area contributed by atoms with Gasteiger partial charge in [0.1, 0.15) is 0 Å². The van der Waals surface area contributed by atoms with Crippen molar-refractivity contribution in [2.75, 3.05) is 6.26 Å². The minimum atomic E-state index is 0.629. The molecule has 1 rings (SSSR count). The minimum absolute atomic E-state index is 0.629. The molecule has 0 bridgehead atoms. The Morgan fingerprint density at radius 2 is 1.94 bits per heavy atom. The molecule has 0 unspecified atom stereocenters. The molecule has 0 aliphatic rings. The second-order valence-electron chi connectivity index (χ2n) is 3.64. The Balaban J connectivity index is 3.33. The van der Waals surface area contributed by atoms with Crippen LogP contribution in [-0.4, -0.2) is 11.4 Å². The molecule has 0 fully saturated rings. The monoisotopic (exact) mass is 325 g/mol. The van der Waals surface area contributed by atoms with Crippen molar-refractivity contribution in [3.63, 3.8) is 0 Å². The van der Waals surface area contributed by atoms with E-state index in [1.165, 1.54) is 22.9 Å². The molecule has 18 heavy (non-hydrogen) atoms. The topological polar surface area (TPSA) is 48.2 Å². The molecule has 5 heteroatoms. The normalized spacial score (nSPS) is 11.2. The molecule has 0 aliphatic carbocycles. The van der Waals surface area contributed by atoms with Gasteiger partial charge in [0.2, 0.25) is 0 Å². The summed E-state index contributed by atoms with van der Waals surface area (Å²) in [5.74, 6) is 0. The molecule has 96 valence electrons. The molecule has 0 saturated heterocycles. The van der Waals surface area contributed by atoms with Crippen molar-refractivity contribution in [1.29, 1.82) is 5.26 Å². The molecule has 0 amide bonds. The number of thioether (sulfide) groups is 1. The summed E-state index contributed by atoms with van der Waals surface area (Å²) in [6.07, 6.45) is 5.65. The molecule has 0 heterocycles. The average molecular weight is 326 g/mol. The van der Waals surface area contributed by atoms with Gasteiger partial charge in [0.05, 0.1) is 5.69 Å². The molecule has 0 spiro atoms. The predicted octanol–water partition coefficient (Wildman–Crippen LogP) is 4.00. The van der Waals surface area contributed by atoms with Crippen LogP contribution >= 0.6 is 27.7 Å². The van der Waals surface area contributed by atoms with Crippen molar-refractivity contribution in [2.45, 2.75) is 26.7 Å². The lowest BCUT2D eigenvalue weighted by Crippen LogP contribution is -2.12. The van der Waals surface area contributed by atoms with Crippen molar-refractivity contribution in [3.05, 3.63) is 27.7 Å². The van der Waals surface area contributed by atoms with Crippen molar-refractivity contribution in [1.82, 2.24) is 5.32 Å². The van der Waals surface area contributed by atoms with Crippen LogP contribution in [0.2, 0.25) is 0 Å². The lowest BCUT2D eigenvalue weighted by Gasteiger charge is -2.11. The smallest absolute Gasteiger partial charge is 0.183 e. The number of aryl methyl sites for hydroxylation is 2. The lowest BCUT2D eigenvalue weighted by atomic mass is 10.0. The Morgan fingerprint density at radius 1 is 1.39 bits per heavy atom. The van der Waals surface area contributed by atoms with E-state index in [1.807, 2.05) is 12.4 Å². The van der Waals surface area contributed by atoms with Crippen LogP contribution < -0.4 is 5.32 Å². The van der Waals surface area contributed by atoms with E-state index in [2.05, 4.69) is 52.2 Å². The molecule has 3 nitrogen and oxygen atoms in total. The summed E-state index contributed by atoms with van der Waals surface area (Å²) in [6, 6.07) is 4.17. The molecule has 0 saturated carbocycles. The van der Waals surface area contributed by atoms with Gasteiger partial charge in [-0.3, -0.25) is 5.32 Å². The Labute approximate surface area is 121 Å². The molecule has 0 radical (unpaired) electrons. The van der Waals surface area contributed by atoms with Crippen LogP contribution in [0, 0.1) is 11.5 Å². The van der Waals surface area contributed by atoms with Gasteiger partial charge in [-0.1, -0.05) is 41.5 Å². The van der Waals surface area contributed by atoms with Crippen molar-refractivity contribution in [2.24, 2.45) is 4.99 Å². The number of nitrogens with zero attached hydrogens (tertiary/aromatic N) is 2. The number of benzene rings is 1. The lowest BCUT2D eigenvalue weighted by molar-refractivity contribution is 1.07. The highest BCUT2D eigenvalue weighted by molar-refractivity contribution is 9.10. The molecular formula is C13H16BrN3S. The second-order valence-corrected chi connectivity index (χ2v) is 5.35. The van der Waals surface area contributed by atoms with E-state index in [0.29, 0.717) is 5.17 Å². The van der Waals surface area contributed by atoms with Crippen LogP contribution in [0.1, 0.15) is 25.0 Å². The first-order chi connectivity index (χ1) is 8.65. The van der Waals surface area contributed by atoms with E-state index in [-0.39, 0.29) is 0 Å². The Kier molecular flexibility index (Phi) is 6.23. The first-order valence-corrected chi connectivity index (χ1v) is 7.77. The number of halogens is 1. The third kappa shape index (κ3) is 3.76. The van der Waals surface area contributed by atoms with E-state index in [9.17, 15) is 0 Å². The minimum Gasteiger partial charge on any atom is -0.271 e. The number of nitrogens with one attached hydrogen (secondary N) is 1. The summed E-state index contributed by atoms with van der Waals surface area (Å²) in [6.45, 7) is 4.22. The number of rotatable bonds is 3. The summed E-state index contributed by atoms with van der Waals surface area (Å²) in [4.78, 5) is 4.57. The summed E-state index contributed by atoms with van der Waals surface area (Å²) < 4.78 is 1.08. The van der Waals surface area contributed by atoms with E-state index in [1.54, 1.807) is 0 Å². The molecule has 1 N–H and O–H groups in total. The van der Waals surface area contributed by atoms with Gasteiger partial charge >= 0.3 is 0 Å². The van der Waals surface area contributed by atoms with Gasteiger partial charge in [0, 0.05) is 4.47 Å². The number of aliphatic imine (C=N–C) groups is 1. The maximum Gasteiger partial charge on any atom is 0.183 e. The number of amidine groups is 1. The summed E-state index contributed by atoms with van der Waals surface area (Å²) >= 11 is 4.96. The summed E-state index contributed by atoms with van der Waals surface area (Å²) in [5.41, 5.74) is 3.36. The summed E-state index contributed by atoms with van der Waals surface area (Å²) in [5, 5.41) is 11.9. The first kappa shape index (κ1) is 15.1. The van der Waals surface area contributed by atoms with Gasteiger partial charge in [0.25, 0.3) is 0 Å². The molecule has 1 aromatic carbocycles. The average Bonchev–Trinajstić information content (AvgIpc) is 2.38. The van der Waals surface area contributed by atoms with Gasteiger partial charge in [-0.25, -0.2) is 4.99 Å². The SMILES string of the molecule is CCc1cc(Br)cc(CC)c1N=C(NC#N)SC. The quantitative estimate of drug-likeness (QED) is 0.395. The maximum absolute atomic E-state index is 8.68. The van der Waals surface area contributed by atoms with Crippen LogP contribution in [0.3, 0.4) is 0 Å². The van der Waals surface area contributed by atoms with E-state index in [0.717, 1.165) is 23.0 Å². The zero-order valence-electron chi connectivity index (χ0n) is 10.7. The standard InChI is InChI=1S/C13H16BrN3S/c1-4-9-6-11(14)7-10(5-2)12(9)17-13(18-3)16-8-15/h6-7H,4-5H2,1-3H3,(H,16,17). The highest BCUT2D eigenvalue weighted by atomic mass is 79.9. The van der Waals surface area contributed by atoms with Crippen LogP contribution in [0.5, 0.6) is 0 Å². The third-order valence-electron chi connectivity index (χ3n) is 2.56. The Bertz CT molecular complexity index is 466. The van der Waals surface area contributed by atoms with Crippen molar-refractivity contribution in [3.8, 4) is 6.19 Å². The highest BCUT2D eigenvalue weighted by Gasteiger charge is 2.09. The number of hydrogen-bond acceptors (Lipinski definition) is 3. The Hall–Kier alpha value is -0.990. The van der Waals surface area contributed by atoms with Crippen molar-refractivity contribution < 1.29 is 0 Å². The third-order valence-corrected chi connectivity index (χ3v) is 3.60. The largest absolute Gasteiger partial charge is 0.271 e. The zero-order valence-corrected chi connectivity index (χ0v) is 13.2. The van der Waals surface area contributed by atoms with Crippen molar-refractivity contribution >= 4 is 38.5 Å². The Morgan fingerprint density at radius 3 is 2.33 bits per heavy atom. The highest BCUT2D eigenvalue weighted by Crippen LogP contribution is 2.30. The van der Waals surface area contributed by atoms with Crippen LogP contribution in [0.25, 0.3) is 0 Å². The maximum atomic E-state index is 8.68. The van der Waals surface area contributed by atoms with Gasteiger partial charge < -0.3 is 0 Å². The van der Waals surface area contributed by atoms with Gasteiger partial charge in [-0.05, 0) is 42.4 Å². The molecular weight excluding hydrogens is 310 g/mol. The van der Waals surface area contributed by atoms with Crippen LogP contribution in [0.15, 0.2) is 21.6 Å². The molecule has 0 aliphatic heterocycles. The molecule has 0 atom stereocenters. The fourth-order valence-corrected chi connectivity index (χ4v) is 2.56. The predicted molar refractivity (Wildman–Crippen MR) is 82.3 cm³/mol. The van der Waals surface area contributed by atoms with E-state index < -0.39 is 0 Å². The van der Waals surface area contributed by atoms with Gasteiger partial charge in [-0.15, -0.1) is 0 Å². The van der Waals surface area contributed by atoms with Crippen LogP contribution in [-0.2, 0) is 12.8 Å². The fourth-order valence-electron chi connectivity index (χ4n) is 1.67. The fraction of sp³-hybridized carbons (Fsp3) is 0.385. The number of nitriles is 1.